The SMILES string of the molecule is Cc1cccc(C2C[C@@H](c3ccccc3)C[C@@H](N(C(N)=O)c3cccc(Cl)c3)C(=O)N2NC(=O)CC(C)(C)C)c1. The van der Waals surface area contributed by atoms with Crippen LogP contribution in [0.25, 0.3) is 0 Å². The molecular formula is C32H37ClN4O3. The molecule has 1 aliphatic rings. The minimum Gasteiger partial charge on any atom is -0.351 e. The van der Waals surface area contributed by atoms with E-state index in [1.807, 2.05) is 82.3 Å². The number of carbonyl (C=O) groups is 3. The highest BCUT2D eigenvalue weighted by molar-refractivity contribution is 6.31. The van der Waals surface area contributed by atoms with Crippen LogP contribution in [0.5, 0.6) is 0 Å². The summed E-state index contributed by atoms with van der Waals surface area (Å²) in [7, 11) is 0. The minimum atomic E-state index is -0.981. The van der Waals surface area contributed by atoms with Gasteiger partial charge in [0.2, 0.25) is 5.91 Å². The fraction of sp³-hybridized carbons (Fsp3) is 0.344. The maximum absolute atomic E-state index is 14.5. The van der Waals surface area contributed by atoms with E-state index in [0.717, 1.165) is 16.7 Å². The Balaban J connectivity index is 1.87. The molecule has 40 heavy (non-hydrogen) atoms. The van der Waals surface area contributed by atoms with Crippen LogP contribution in [0.15, 0.2) is 78.9 Å². The van der Waals surface area contributed by atoms with Gasteiger partial charge in [-0.25, -0.2) is 9.80 Å². The van der Waals surface area contributed by atoms with Crippen LogP contribution >= 0.6 is 11.6 Å². The van der Waals surface area contributed by atoms with E-state index in [9.17, 15) is 14.4 Å². The first-order valence-electron chi connectivity index (χ1n) is 13.5. The second kappa shape index (κ2) is 12.1. The second-order valence-corrected chi connectivity index (χ2v) is 12.1. The van der Waals surface area contributed by atoms with Crippen LogP contribution in [0.4, 0.5) is 10.5 Å². The number of halogens is 1. The van der Waals surface area contributed by atoms with Gasteiger partial charge in [-0.1, -0.05) is 98.6 Å². The third kappa shape index (κ3) is 7.02. The summed E-state index contributed by atoms with van der Waals surface area (Å²) < 4.78 is 0. The molecule has 1 unspecified atom stereocenters. The van der Waals surface area contributed by atoms with E-state index in [1.165, 1.54) is 9.91 Å². The van der Waals surface area contributed by atoms with Crippen molar-refractivity contribution in [3.05, 3.63) is 101 Å². The van der Waals surface area contributed by atoms with Gasteiger partial charge in [-0.05, 0) is 60.4 Å². The van der Waals surface area contributed by atoms with Crippen molar-refractivity contribution < 1.29 is 14.4 Å². The molecule has 3 aromatic carbocycles. The highest BCUT2D eigenvalue weighted by Crippen LogP contribution is 2.41. The summed E-state index contributed by atoms with van der Waals surface area (Å²) in [5.41, 5.74) is 12.0. The number of urea groups is 1. The molecule has 0 spiro atoms. The first-order valence-corrected chi connectivity index (χ1v) is 13.9. The van der Waals surface area contributed by atoms with Crippen LogP contribution in [-0.2, 0) is 9.59 Å². The average molecular weight is 561 g/mol. The number of carbonyl (C=O) groups excluding carboxylic acids is 3. The van der Waals surface area contributed by atoms with Crippen molar-refractivity contribution in [2.75, 3.05) is 4.90 Å². The second-order valence-electron chi connectivity index (χ2n) is 11.7. The molecule has 4 amide bonds. The van der Waals surface area contributed by atoms with E-state index >= 15 is 0 Å². The first kappa shape index (κ1) is 29.2. The molecule has 0 radical (unpaired) electrons. The van der Waals surface area contributed by atoms with Crippen LogP contribution in [0.2, 0.25) is 5.02 Å². The Morgan fingerprint density at radius 2 is 1.65 bits per heavy atom. The molecule has 3 atom stereocenters. The van der Waals surface area contributed by atoms with Crippen molar-refractivity contribution >= 4 is 35.1 Å². The highest BCUT2D eigenvalue weighted by Gasteiger charge is 2.43. The van der Waals surface area contributed by atoms with Crippen LogP contribution < -0.4 is 16.1 Å². The van der Waals surface area contributed by atoms with Gasteiger partial charge in [-0.3, -0.25) is 19.9 Å². The largest absolute Gasteiger partial charge is 0.351 e. The van der Waals surface area contributed by atoms with Crippen molar-refractivity contribution in [1.29, 1.82) is 0 Å². The zero-order chi connectivity index (χ0) is 29.0. The van der Waals surface area contributed by atoms with E-state index in [0.29, 0.717) is 23.6 Å². The number of hydrogen-bond acceptors (Lipinski definition) is 3. The van der Waals surface area contributed by atoms with Crippen molar-refractivity contribution in [3.63, 3.8) is 0 Å². The Morgan fingerprint density at radius 3 is 2.27 bits per heavy atom. The molecule has 1 aliphatic heterocycles. The van der Waals surface area contributed by atoms with Gasteiger partial charge in [-0.2, -0.15) is 0 Å². The Kier molecular flexibility index (Phi) is 8.84. The van der Waals surface area contributed by atoms with E-state index < -0.39 is 24.0 Å². The zero-order valence-electron chi connectivity index (χ0n) is 23.4. The van der Waals surface area contributed by atoms with E-state index in [-0.39, 0.29) is 23.7 Å². The third-order valence-electron chi connectivity index (χ3n) is 7.12. The number of hydrazine groups is 1. The summed E-state index contributed by atoms with van der Waals surface area (Å²) in [5, 5.41) is 1.84. The number of aryl methyl sites for hydroxylation is 1. The number of amides is 4. The molecular weight excluding hydrogens is 524 g/mol. The lowest BCUT2D eigenvalue weighted by atomic mass is 9.86. The number of rotatable bonds is 6. The third-order valence-corrected chi connectivity index (χ3v) is 7.35. The molecule has 4 rings (SSSR count). The van der Waals surface area contributed by atoms with Gasteiger partial charge in [-0.15, -0.1) is 0 Å². The molecule has 1 heterocycles. The number of nitrogens with zero attached hydrogens (tertiary/aromatic N) is 2. The van der Waals surface area contributed by atoms with Crippen molar-refractivity contribution in [2.45, 2.75) is 65.0 Å². The maximum Gasteiger partial charge on any atom is 0.320 e. The van der Waals surface area contributed by atoms with Crippen LogP contribution in [0.1, 0.15) is 68.7 Å². The summed E-state index contributed by atoms with van der Waals surface area (Å²) in [6.45, 7) is 7.90. The Bertz CT molecular complexity index is 1370. The summed E-state index contributed by atoms with van der Waals surface area (Å²) >= 11 is 6.27. The van der Waals surface area contributed by atoms with Gasteiger partial charge in [0.1, 0.15) is 6.04 Å². The lowest BCUT2D eigenvalue weighted by Crippen LogP contribution is -2.57. The normalized spacial score (nSPS) is 19.6. The molecule has 0 bridgehead atoms. The number of benzene rings is 3. The van der Waals surface area contributed by atoms with Crippen LogP contribution in [0.3, 0.4) is 0 Å². The topological polar surface area (TPSA) is 95.7 Å². The quantitative estimate of drug-likeness (QED) is 0.359. The molecule has 210 valence electrons. The Hall–Kier alpha value is -3.84. The van der Waals surface area contributed by atoms with Gasteiger partial charge < -0.3 is 5.73 Å². The fourth-order valence-electron chi connectivity index (χ4n) is 5.41. The number of anilines is 1. The van der Waals surface area contributed by atoms with Crippen LogP contribution in [-0.4, -0.2) is 28.9 Å². The number of nitrogens with one attached hydrogen (secondary N) is 1. The number of hydrogen-bond donors (Lipinski definition) is 2. The minimum absolute atomic E-state index is 0.119. The van der Waals surface area contributed by atoms with Crippen molar-refractivity contribution in [1.82, 2.24) is 10.4 Å². The molecule has 0 aromatic heterocycles. The molecule has 8 heteroatoms. The molecule has 0 saturated carbocycles. The predicted octanol–water partition coefficient (Wildman–Crippen LogP) is 6.52. The van der Waals surface area contributed by atoms with Crippen molar-refractivity contribution in [3.8, 4) is 0 Å². The standard InChI is InChI=1S/C32H37ClN4O3/c1-21-10-8-13-23(16-21)27-17-24(22-11-6-5-7-12-22)18-28(30(39)37(27)35-29(38)20-32(2,3)4)36(31(34)40)26-15-9-14-25(33)19-26/h5-16,19,24,27-28H,17-18,20H2,1-4H3,(H2,34,40)(H,35,38)/t24-,27?,28-/m1/s1. The van der Waals surface area contributed by atoms with Crippen molar-refractivity contribution in [2.24, 2.45) is 11.1 Å². The summed E-state index contributed by atoms with van der Waals surface area (Å²) in [5.74, 6) is -0.805. The number of primary amides is 1. The molecule has 0 aliphatic carbocycles. The van der Waals surface area contributed by atoms with E-state index in [4.69, 9.17) is 17.3 Å². The Labute approximate surface area is 241 Å². The molecule has 1 fully saturated rings. The van der Waals surface area contributed by atoms with E-state index in [1.54, 1.807) is 24.3 Å². The van der Waals surface area contributed by atoms with Gasteiger partial charge in [0, 0.05) is 17.1 Å². The molecule has 1 saturated heterocycles. The highest BCUT2D eigenvalue weighted by atomic mass is 35.5. The average Bonchev–Trinajstić information content (AvgIpc) is 3.01. The van der Waals surface area contributed by atoms with E-state index in [2.05, 4.69) is 5.43 Å². The lowest BCUT2D eigenvalue weighted by molar-refractivity contribution is -0.145. The Morgan fingerprint density at radius 1 is 0.975 bits per heavy atom. The van der Waals surface area contributed by atoms with Gasteiger partial charge in [0.15, 0.2) is 0 Å². The lowest BCUT2D eigenvalue weighted by Gasteiger charge is -2.35. The van der Waals surface area contributed by atoms with Gasteiger partial charge in [0.05, 0.1) is 6.04 Å². The van der Waals surface area contributed by atoms with Crippen LogP contribution in [0, 0.1) is 12.3 Å². The monoisotopic (exact) mass is 560 g/mol. The molecule has 3 aromatic rings. The summed E-state index contributed by atoms with van der Waals surface area (Å²) in [6, 6.07) is 22.4. The molecule has 3 N–H and O–H groups in total. The predicted molar refractivity (Wildman–Crippen MR) is 159 cm³/mol. The smallest absolute Gasteiger partial charge is 0.320 e. The summed E-state index contributed by atoms with van der Waals surface area (Å²) in [6.07, 6.45) is 1.07. The summed E-state index contributed by atoms with van der Waals surface area (Å²) in [4.78, 5) is 42.1. The van der Waals surface area contributed by atoms with Gasteiger partial charge in [0.25, 0.3) is 5.91 Å². The maximum atomic E-state index is 14.5. The first-order chi connectivity index (χ1) is 18.9. The zero-order valence-corrected chi connectivity index (χ0v) is 24.2. The molecule has 7 nitrogen and oxygen atoms in total. The number of nitrogens with two attached hydrogens (primary N) is 1. The van der Waals surface area contributed by atoms with Gasteiger partial charge >= 0.3 is 6.03 Å². The fourth-order valence-corrected chi connectivity index (χ4v) is 5.59.